The molecule has 134 valence electrons. The lowest BCUT2D eigenvalue weighted by atomic mass is 9.70. The van der Waals surface area contributed by atoms with Gasteiger partial charge in [0.05, 0.1) is 16.8 Å². The molecule has 1 saturated heterocycles. The standard InChI is InChI=1S/C20H21N3O3/c1-13-17(3-2-9-21-13)23(26)18(24)15-4-5-16-12-20(7-6-14(16)11-15)8-10-22-19(20)25/h2-5,9,11,26H,6-8,10,12H2,1H3,(H,22,25)/t20-/m0/s1. The van der Waals surface area contributed by atoms with Gasteiger partial charge < -0.3 is 5.32 Å². The number of aromatic nitrogens is 1. The molecule has 0 saturated carbocycles. The minimum atomic E-state index is -0.484. The number of aryl methyl sites for hydroxylation is 2. The lowest BCUT2D eigenvalue weighted by molar-refractivity contribution is -0.128. The van der Waals surface area contributed by atoms with Crippen LogP contribution in [0.3, 0.4) is 0 Å². The summed E-state index contributed by atoms with van der Waals surface area (Å²) in [5.41, 5.74) is 3.30. The molecule has 2 aliphatic rings. The number of fused-ring (bicyclic) bond motifs is 1. The van der Waals surface area contributed by atoms with Gasteiger partial charge in [0.15, 0.2) is 0 Å². The maximum absolute atomic E-state index is 12.7. The van der Waals surface area contributed by atoms with E-state index in [1.54, 1.807) is 31.3 Å². The van der Waals surface area contributed by atoms with Crippen LogP contribution in [0, 0.1) is 12.3 Å². The molecule has 1 fully saturated rings. The number of anilines is 1. The number of nitrogens with zero attached hydrogens (tertiary/aromatic N) is 2. The first kappa shape index (κ1) is 16.7. The lowest BCUT2D eigenvalue weighted by Crippen LogP contribution is -2.36. The Bertz CT molecular complexity index is 896. The average molecular weight is 351 g/mol. The summed E-state index contributed by atoms with van der Waals surface area (Å²) in [4.78, 5) is 29.0. The van der Waals surface area contributed by atoms with Crippen molar-refractivity contribution in [2.24, 2.45) is 5.41 Å². The summed E-state index contributed by atoms with van der Waals surface area (Å²) in [6.07, 6.45) is 4.77. The Morgan fingerprint density at radius 3 is 2.85 bits per heavy atom. The summed E-state index contributed by atoms with van der Waals surface area (Å²) in [5, 5.41) is 13.9. The number of carbonyl (C=O) groups is 2. The van der Waals surface area contributed by atoms with Crippen LogP contribution in [0.2, 0.25) is 0 Å². The first-order valence-electron chi connectivity index (χ1n) is 8.85. The smallest absolute Gasteiger partial charge is 0.282 e. The first-order valence-corrected chi connectivity index (χ1v) is 8.85. The normalized spacial score (nSPS) is 21.4. The fraction of sp³-hybridized carbons (Fsp3) is 0.350. The summed E-state index contributed by atoms with van der Waals surface area (Å²) in [7, 11) is 0. The van der Waals surface area contributed by atoms with Crippen LogP contribution < -0.4 is 10.4 Å². The molecule has 26 heavy (non-hydrogen) atoms. The van der Waals surface area contributed by atoms with Crippen molar-refractivity contribution in [1.29, 1.82) is 0 Å². The van der Waals surface area contributed by atoms with E-state index in [4.69, 9.17) is 0 Å². The number of nitrogens with one attached hydrogen (secondary N) is 1. The van der Waals surface area contributed by atoms with Crippen LogP contribution in [0.1, 0.15) is 40.0 Å². The third kappa shape index (κ3) is 2.66. The molecule has 1 atom stereocenters. The highest BCUT2D eigenvalue weighted by molar-refractivity contribution is 6.04. The second-order valence-corrected chi connectivity index (χ2v) is 7.17. The molecular formula is C20H21N3O3. The number of hydrogen-bond donors (Lipinski definition) is 2. The minimum Gasteiger partial charge on any atom is -0.356 e. The predicted molar refractivity (Wildman–Crippen MR) is 96.1 cm³/mol. The van der Waals surface area contributed by atoms with Gasteiger partial charge in [-0.2, -0.15) is 5.06 Å². The van der Waals surface area contributed by atoms with Gasteiger partial charge in [-0.3, -0.25) is 19.8 Å². The van der Waals surface area contributed by atoms with Gasteiger partial charge in [-0.25, -0.2) is 0 Å². The molecular weight excluding hydrogens is 330 g/mol. The van der Waals surface area contributed by atoms with Gasteiger partial charge >= 0.3 is 0 Å². The fourth-order valence-electron chi connectivity index (χ4n) is 4.05. The van der Waals surface area contributed by atoms with Crippen molar-refractivity contribution in [1.82, 2.24) is 10.3 Å². The molecule has 1 aliphatic carbocycles. The van der Waals surface area contributed by atoms with Crippen molar-refractivity contribution in [2.75, 3.05) is 11.6 Å². The lowest BCUT2D eigenvalue weighted by Gasteiger charge is -2.32. The number of pyridine rings is 1. The van der Waals surface area contributed by atoms with Crippen LogP contribution in [-0.4, -0.2) is 28.6 Å². The molecule has 1 aromatic heterocycles. The van der Waals surface area contributed by atoms with Crippen molar-refractivity contribution in [3.8, 4) is 0 Å². The maximum atomic E-state index is 12.7. The van der Waals surface area contributed by atoms with E-state index in [-0.39, 0.29) is 11.3 Å². The van der Waals surface area contributed by atoms with Gasteiger partial charge in [-0.1, -0.05) is 6.07 Å². The Labute approximate surface area is 151 Å². The van der Waals surface area contributed by atoms with Gasteiger partial charge in [-0.05, 0) is 68.0 Å². The van der Waals surface area contributed by atoms with Crippen LogP contribution >= 0.6 is 0 Å². The molecule has 2 heterocycles. The molecule has 2 aromatic rings. The Hall–Kier alpha value is -2.73. The van der Waals surface area contributed by atoms with E-state index in [2.05, 4.69) is 10.3 Å². The van der Waals surface area contributed by atoms with Crippen LogP contribution in [0.15, 0.2) is 36.5 Å². The second kappa shape index (κ2) is 6.21. The van der Waals surface area contributed by atoms with E-state index in [9.17, 15) is 14.8 Å². The maximum Gasteiger partial charge on any atom is 0.282 e. The molecule has 6 nitrogen and oxygen atoms in total. The Morgan fingerprint density at radius 2 is 2.12 bits per heavy atom. The molecule has 2 N–H and O–H groups in total. The van der Waals surface area contributed by atoms with Crippen molar-refractivity contribution >= 4 is 17.5 Å². The summed E-state index contributed by atoms with van der Waals surface area (Å²) in [6.45, 7) is 2.49. The highest BCUT2D eigenvalue weighted by Gasteiger charge is 2.44. The van der Waals surface area contributed by atoms with Crippen molar-refractivity contribution in [3.63, 3.8) is 0 Å². The number of hydrogen-bond acceptors (Lipinski definition) is 4. The molecule has 1 aromatic carbocycles. The average Bonchev–Trinajstić information content (AvgIpc) is 3.00. The van der Waals surface area contributed by atoms with E-state index in [1.807, 2.05) is 12.1 Å². The van der Waals surface area contributed by atoms with Crippen LogP contribution in [0.25, 0.3) is 0 Å². The number of hydroxylamine groups is 1. The largest absolute Gasteiger partial charge is 0.356 e. The molecule has 6 heteroatoms. The summed E-state index contributed by atoms with van der Waals surface area (Å²) >= 11 is 0. The van der Waals surface area contributed by atoms with E-state index in [0.717, 1.165) is 36.9 Å². The highest BCUT2D eigenvalue weighted by Crippen LogP contribution is 2.41. The summed E-state index contributed by atoms with van der Waals surface area (Å²) < 4.78 is 0. The highest BCUT2D eigenvalue weighted by atomic mass is 16.5. The predicted octanol–water partition coefficient (Wildman–Crippen LogP) is 2.42. The first-order chi connectivity index (χ1) is 12.5. The zero-order valence-corrected chi connectivity index (χ0v) is 14.7. The third-order valence-electron chi connectivity index (χ3n) is 5.63. The summed E-state index contributed by atoms with van der Waals surface area (Å²) in [5.74, 6) is -0.334. The SMILES string of the molecule is Cc1ncccc1N(O)C(=O)c1ccc2c(c1)CC[C@]1(CCNC1=O)C2. The van der Waals surface area contributed by atoms with E-state index in [1.165, 1.54) is 0 Å². The van der Waals surface area contributed by atoms with Crippen LogP contribution in [0.4, 0.5) is 5.69 Å². The Morgan fingerprint density at radius 1 is 1.27 bits per heavy atom. The van der Waals surface area contributed by atoms with Gasteiger partial charge in [0.2, 0.25) is 5.91 Å². The molecule has 4 rings (SSSR count). The Kier molecular flexibility index (Phi) is 4.00. The van der Waals surface area contributed by atoms with E-state index in [0.29, 0.717) is 28.4 Å². The third-order valence-corrected chi connectivity index (χ3v) is 5.63. The fourth-order valence-corrected chi connectivity index (χ4v) is 4.05. The van der Waals surface area contributed by atoms with Crippen molar-refractivity contribution < 1.29 is 14.8 Å². The van der Waals surface area contributed by atoms with Gasteiger partial charge in [0, 0.05) is 18.3 Å². The molecule has 0 radical (unpaired) electrons. The molecule has 2 amide bonds. The number of carbonyl (C=O) groups excluding carboxylic acids is 2. The van der Waals surface area contributed by atoms with Crippen LogP contribution in [-0.2, 0) is 17.6 Å². The van der Waals surface area contributed by atoms with Crippen molar-refractivity contribution in [3.05, 3.63) is 58.9 Å². The number of benzene rings is 1. The van der Waals surface area contributed by atoms with E-state index < -0.39 is 5.91 Å². The zero-order chi connectivity index (χ0) is 18.3. The minimum absolute atomic E-state index is 0.150. The molecule has 0 bridgehead atoms. The number of rotatable bonds is 2. The van der Waals surface area contributed by atoms with Gasteiger partial charge in [0.25, 0.3) is 5.91 Å². The topological polar surface area (TPSA) is 82.5 Å². The molecule has 1 aliphatic heterocycles. The molecule has 1 spiro atoms. The monoisotopic (exact) mass is 351 g/mol. The van der Waals surface area contributed by atoms with Gasteiger partial charge in [-0.15, -0.1) is 0 Å². The summed E-state index contributed by atoms with van der Waals surface area (Å²) in [6, 6.07) is 8.81. The van der Waals surface area contributed by atoms with Crippen molar-refractivity contribution in [2.45, 2.75) is 32.6 Å². The molecule has 0 unspecified atom stereocenters. The number of amides is 2. The second-order valence-electron chi connectivity index (χ2n) is 7.17. The Balaban J connectivity index is 1.59. The zero-order valence-electron chi connectivity index (χ0n) is 14.7. The quantitative estimate of drug-likeness (QED) is 0.643. The van der Waals surface area contributed by atoms with E-state index >= 15 is 0 Å². The van der Waals surface area contributed by atoms with Crippen LogP contribution in [0.5, 0.6) is 0 Å². The van der Waals surface area contributed by atoms with Gasteiger partial charge in [0.1, 0.15) is 0 Å².